The molecule has 37 heavy (non-hydrogen) atoms. The van der Waals surface area contributed by atoms with E-state index in [4.69, 9.17) is 12.2 Å². The van der Waals surface area contributed by atoms with Crippen molar-refractivity contribution >= 4 is 63.0 Å². The zero-order chi connectivity index (χ0) is 26.4. The number of benzene rings is 2. The topological polar surface area (TPSA) is 96.7 Å². The molecule has 1 N–H and O–H groups in total. The van der Waals surface area contributed by atoms with Crippen LogP contribution in [0.4, 0.5) is 11.4 Å². The van der Waals surface area contributed by atoms with E-state index in [0.717, 1.165) is 11.8 Å². The molecule has 0 atom stereocenters. The second-order valence-corrected chi connectivity index (χ2v) is 10.2. The molecule has 1 saturated heterocycles. The van der Waals surface area contributed by atoms with Gasteiger partial charge in [-0.15, -0.1) is 0 Å². The number of carbonyl (C=O) groups excluding carboxylic acids is 3. The zero-order valence-corrected chi connectivity index (χ0v) is 22.0. The highest BCUT2D eigenvalue weighted by molar-refractivity contribution is 8.26. The molecule has 0 spiro atoms. The number of para-hydroxylation sites is 2. The van der Waals surface area contributed by atoms with E-state index >= 15 is 0 Å². The molecule has 1 fully saturated rings. The second kappa shape index (κ2) is 9.49. The van der Waals surface area contributed by atoms with Gasteiger partial charge in [-0.05, 0) is 32.0 Å². The lowest BCUT2D eigenvalue weighted by atomic mass is 10.1. The summed E-state index contributed by atoms with van der Waals surface area (Å²) in [5.41, 5.74) is 2.32. The first-order valence-corrected chi connectivity index (χ1v) is 12.8. The standard InChI is InChI=1S/C26H23N5O4S2/c1-4-29-25(35)22(37-26(29)36)20-17-12-8-9-13-18(17)30(23(20)33)14-19(32)27-21-15(2)28(3)31(24(21)34)16-10-6-5-7-11-16/h5-13H,4,14H2,1-3H3,(H,27,32). The number of aromatic nitrogens is 2. The summed E-state index contributed by atoms with van der Waals surface area (Å²) in [6.45, 7) is 3.63. The number of carbonyl (C=O) groups is 3. The maximum Gasteiger partial charge on any atom is 0.295 e. The van der Waals surface area contributed by atoms with Gasteiger partial charge in [-0.3, -0.25) is 33.7 Å². The van der Waals surface area contributed by atoms with Crippen LogP contribution in [0.1, 0.15) is 18.2 Å². The van der Waals surface area contributed by atoms with Gasteiger partial charge in [-0.1, -0.05) is 60.4 Å². The van der Waals surface area contributed by atoms with E-state index in [9.17, 15) is 19.2 Å². The minimum Gasteiger partial charge on any atom is -0.318 e. The molecule has 0 saturated carbocycles. The van der Waals surface area contributed by atoms with Crippen molar-refractivity contribution in [3.8, 4) is 5.69 Å². The van der Waals surface area contributed by atoms with Gasteiger partial charge in [0.15, 0.2) is 0 Å². The third-order valence-corrected chi connectivity index (χ3v) is 7.88. The Morgan fingerprint density at radius 2 is 1.65 bits per heavy atom. The van der Waals surface area contributed by atoms with Crippen molar-refractivity contribution in [3.63, 3.8) is 0 Å². The Morgan fingerprint density at radius 3 is 2.32 bits per heavy atom. The molecule has 1 aromatic heterocycles. The van der Waals surface area contributed by atoms with Gasteiger partial charge in [-0.2, -0.15) is 0 Å². The van der Waals surface area contributed by atoms with Gasteiger partial charge in [-0.25, -0.2) is 4.68 Å². The lowest BCUT2D eigenvalue weighted by molar-refractivity contribution is -0.122. The molecule has 5 rings (SSSR count). The van der Waals surface area contributed by atoms with E-state index in [1.807, 2.05) is 25.1 Å². The molecule has 0 unspecified atom stereocenters. The Balaban J connectivity index is 1.46. The number of hydrogen-bond acceptors (Lipinski definition) is 6. The first-order valence-electron chi connectivity index (χ1n) is 11.6. The van der Waals surface area contributed by atoms with Gasteiger partial charge in [0.2, 0.25) is 5.91 Å². The fourth-order valence-corrected chi connectivity index (χ4v) is 5.97. The van der Waals surface area contributed by atoms with Crippen LogP contribution in [-0.4, -0.2) is 49.4 Å². The van der Waals surface area contributed by atoms with Crippen LogP contribution in [0.15, 0.2) is 64.3 Å². The molecule has 0 radical (unpaired) electrons. The molecular weight excluding hydrogens is 510 g/mol. The summed E-state index contributed by atoms with van der Waals surface area (Å²) in [4.78, 5) is 55.9. The van der Waals surface area contributed by atoms with Crippen LogP contribution in [0.3, 0.4) is 0 Å². The van der Waals surface area contributed by atoms with Crippen molar-refractivity contribution in [1.29, 1.82) is 0 Å². The highest BCUT2D eigenvalue weighted by atomic mass is 32.2. The summed E-state index contributed by atoms with van der Waals surface area (Å²) in [6, 6.07) is 16.1. The van der Waals surface area contributed by atoms with E-state index in [1.165, 1.54) is 14.5 Å². The fourth-order valence-electron chi connectivity index (χ4n) is 4.51. The van der Waals surface area contributed by atoms with Crippen LogP contribution in [0.2, 0.25) is 0 Å². The first kappa shape index (κ1) is 24.7. The summed E-state index contributed by atoms with van der Waals surface area (Å²) >= 11 is 6.42. The Labute approximate surface area is 222 Å². The van der Waals surface area contributed by atoms with Crippen molar-refractivity contribution in [3.05, 3.63) is 81.1 Å². The molecule has 0 bridgehead atoms. The van der Waals surface area contributed by atoms with Crippen molar-refractivity contribution in [2.75, 3.05) is 23.3 Å². The average Bonchev–Trinajstić information content (AvgIpc) is 3.41. The smallest absolute Gasteiger partial charge is 0.295 e. The Morgan fingerprint density at radius 1 is 0.973 bits per heavy atom. The van der Waals surface area contributed by atoms with Crippen molar-refractivity contribution in [2.24, 2.45) is 7.05 Å². The number of rotatable bonds is 5. The van der Waals surface area contributed by atoms with Gasteiger partial charge < -0.3 is 5.32 Å². The highest BCUT2D eigenvalue weighted by Gasteiger charge is 2.42. The van der Waals surface area contributed by atoms with E-state index in [0.29, 0.717) is 33.5 Å². The first-order chi connectivity index (χ1) is 17.7. The van der Waals surface area contributed by atoms with Crippen molar-refractivity contribution in [1.82, 2.24) is 14.3 Å². The van der Waals surface area contributed by atoms with E-state index < -0.39 is 11.8 Å². The van der Waals surface area contributed by atoms with Crippen LogP contribution < -0.4 is 15.8 Å². The molecule has 2 aliphatic heterocycles. The second-order valence-electron chi connectivity index (χ2n) is 8.51. The lowest BCUT2D eigenvalue weighted by Gasteiger charge is -2.16. The molecular formula is C26H23N5O4S2. The third kappa shape index (κ3) is 4.00. The molecule has 3 aromatic rings. The van der Waals surface area contributed by atoms with Gasteiger partial charge in [0, 0.05) is 19.2 Å². The van der Waals surface area contributed by atoms with Gasteiger partial charge >= 0.3 is 0 Å². The molecule has 2 aromatic carbocycles. The number of thioether (sulfide) groups is 1. The van der Waals surface area contributed by atoms with Crippen LogP contribution in [0, 0.1) is 6.92 Å². The molecule has 9 nitrogen and oxygen atoms in total. The van der Waals surface area contributed by atoms with E-state index in [2.05, 4.69) is 5.32 Å². The van der Waals surface area contributed by atoms with Crippen LogP contribution in [0.5, 0.6) is 0 Å². The normalized spacial score (nSPS) is 17.1. The SMILES string of the molecule is CCN1C(=O)C(=C2C(=O)N(CC(=O)Nc3c(C)n(C)n(-c4ccccc4)c3=O)c3ccccc32)SC1=S. The molecule has 188 valence electrons. The van der Waals surface area contributed by atoms with E-state index in [1.54, 1.807) is 55.1 Å². The molecule has 3 heterocycles. The Kier molecular flexibility index (Phi) is 6.34. The number of likely N-dealkylation sites (N-methyl/N-ethyl adjacent to an activating group) is 1. The van der Waals surface area contributed by atoms with Crippen LogP contribution in [0.25, 0.3) is 11.3 Å². The summed E-state index contributed by atoms with van der Waals surface area (Å²) in [5.74, 6) is -1.31. The van der Waals surface area contributed by atoms with Crippen LogP contribution in [-0.2, 0) is 21.4 Å². The summed E-state index contributed by atoms with van der Waals surface area (Å²) in [7, 11) is 1.73. The largest absolute Gasteiger partial charge is 0.318 e. The monoisotopic (exact) mass is 533 g/mol. The predicted octanol–water partition coefficient (Wildman–Crippen LogP) is 3.06. The maximum atomic E-state index is 13.6. The third-order valence-electron chi connectivity index (χ3n) is 6.44. The number of nitrogens with one attached hydrogen (secondary N) is 1. The average molecular weight is 534 g/mol. The van der Waals surface area contributed by atoms with E-state index in [-0.39, 0.29) is 34.2 Å². The van der Waals surface area contributed by atoms with Crippen molar-refractivity contribution in [2.45, 2.75) is 13.8 Å². The number of nitrogens with zero attached hydrogens (tertiary/aromatic N) is 4. The lowest BCUT2D eigenvalue weighted by Crippen LogP contribution is -2.36. The minimum atomic E-state index is -0.531. The van der Waals surface area contributed by atoms with Gasteiger partial charge in [0.25, 0.3) is 17.4 Å². The zero-order valence-electron chi connectivity index (χ0n) is 20.3. The highest BCUT2D eigenvalue weighted by Crippen LogP contribution is 2.44. The number of thiocarbonyl (C=S) groups is 1. The molecule has 2 aliphatic rings. The molecule has 0 aliphatic carbocycles. The van der Waals surface area contributed by atoms with Gasteiger partial charge in [0.05, 0.1) is 27.5 Å². The van der Waals surface area contributed by atoms with Gasteiger partial charge in [0.1, 0.15) is 16.6 Å². The number of anilines is 2. The quantitative estimate of drug-likeness (QED) is 0.400. The molecule has 11 heteroatoms. The summed E-state index contributed by atoms with van der Waals surface area (Å²) in [5, 5.41) is 2.70. The summed E-state index contributed by atoms with van der Waals surface area (Å²) < 4.78 is 3.53. The fraction of sp³-hybridized carbons (Fsp3) is 0.192. The van der Waals surface area contributed by atoms with Crippen LogP contribution >= 0.6 is 24.0 Å². The summed E-state index contributed by atoms with van der Waals surface area (Å²) in [6.07, 6.45) is 0. The number of hydrogen-bond donors (Lipinski definition) is 1. The minimum absolute atomic E-state index is 0.139. The number of amides is 3. The Bertz CT molecular complexity index is 1570. The Hall–Kier alpha value is -3.96. The maximum absolute atomic E-state index is 13.6. The molecule has 3 amide bonds. The predicted molar refractivity (Wildman–Crippen MR) is 148 cm³/mol. The number of fused-ring (bicyclic) bond motifs is 1. The van der Waals surface area contributed by atoms with Crippen molar-refractivity contribution < 1.29 is 14.4 Å².